The lowest BCUT2D eigenvalue weighted by molar-refractivity contribution is -0.132. The zero-order valence-electron chi connectivity index (χ0n) is 31.9. The number of nitrogens with two attached hydrogens (primary N) is 1. The Balaban J connectivity index is 1.37. The number of benzene rings is 3. The lowest BCUT2D eigenvalue weighted by atomic mass is 10.00. The molecule has 54 heavy (non-hydrogen) atoms. The molecule has 4 rings (SSSR count). The number of carbonyl (C=O) groups excluding carboxylic acids is 5. The van der Waals surface area contributed by atoms with Crippen LogP contribution in [0.4, 0.5) is 10.5 Å². The minimum Gasteiger partial charge on any atom is -0.445 e. The van der Waals surface area contributed by atoms with Gasteiger partial charge in [-0.15, -0.1) is 0 Å². The summed E-state index contributed by atoms with van der Waals surface area (Å²) in [7, 11) is 0. The van der Waals surface area contributed by atoms with Crippen LogP contribution in [0.1, 0.15) is 65.9 Å². The predicted molar refractivity (Wildman–Crippen MR) is 211 cm³/mol. The molecule has 1 heterocycles. The van der Waals surface area contributed by atoms with Crippen LogP contribution in [-0.2, 0) is 37.1 Å². The molecule has 1 aromatic heterocycles. The molecule has 5 amide bonds. The van der Waals surface area contributed by atoms with Crippen molar-refractivity contribution in [2.24, 2.45) is 17.6 Å². The van der Waals surface area contributed by atoms with Crippen molar-refractivity contribution < 1.29 is 28.7 Å². The molecule has 0 radical (unpaired) electrons. The van der Waals surface area contributed by atoms with Gasteiger partial charge in [-0.05, 0) is 80.8 Å². The van der Waals surface area contributed by atoms with E-state index >= 15 is 0 Å². The number of unbranched alkanes of at least 4 members (excludes halogenated alkanes) is 1. The topological polar surface area (TPSA) is 186 Å². The van der Waals surface area contributed by atoms with Crippen molar-refractivity contribution in [2.75, 3.05) is 18.4 Å². The van der Waals surface area contributed by atoms with Crippen molar-refractivity contribution in [3.63, 3.8) is 0 Å². The number of fused-ring (bicyclic) bond motifs is 3. The second-order valence-electron chi connectivity index (χ2n) is 14.2. The normalized spacial score (nSPS) is 13.0. The highest BCUT2D eigenvalue weighted by Crippen LogP contribution is 2.31. The summed E-state index contributed by atoms with van der Waals surface area (Å²) in [5.41, 5.74) is 9.27. The van der Waals surface area contributed by atoms with Crippen LogP contribution in [0.2, 0.25) is 0 Å². The largest absolute Gasteiger partial charge is 0.445 e. The predicted octanol–water partition coefficient (Wildman–Crippen LogP) is 4.96. The highest BCUT2D eigenvalue weighted by molar-refractivity contribution is 6.10. The Kier molecular flexibility index (Phi) is 15.4. The van der Waals surface area contributed by atoms with Gasteiger partial charge in [0.05, 0.1) is 6.54 Å². The van der Waals surface area contributed by atoms with Crippen LogP contribution < -0.4 is 32.3 Å². The minimum atomic E-state index is -0.981. The first-order valence-electron chi connectivity index (χ1n) is 18.8. The van der Waals surface area contributed by atoms with Gasteiger partial charge in [0, 0.05) is 34.0 Å². The van der Waals surface area contributed by atoms with Gasteiger partial charge in [-0.1, -0.05) is 76.2 Å². The number of nitrogens with one attached hydrogen (secondary N) is 5. The Morgan fingerprint density at radius 3 is 2.15 bits per heavy atom. The van der Waals surface area contributed by atoms with Gasteiger partial charge in [0.25, 0.3) is 0 Å². The SMILES string of the molecule is CCn1c2ccccc2c2cc(NC(=O)[C@H](CCCCN)NC(=O)CNC(=O)[C@H](CC(C)C)NC(=O)[C@@H](NC(=O)OCc3ccccc3)C(C)C)ccc21. The van der Waals surface area contributed by atoms with Crippen molar-refractivity contribution in [3.05, 3.63) is 78.4 Å². The number of carbonyl (C=O) groups is 5. The van der Waals surface area contributed by atoms with E-state index in [0.29, 0.717) is 31.5 Å². The molecule has 0 unspecified atom stereocenters. The quantitative estimate of drug-likeness (QED) is 0.0733. The van der Waals surface area contributed by atoms with Crippen molar-refractivity contribution >= 4 is 57.2 Å². The van der Waals surface area contributed by atoms with Crippen molar-refractivity contribution in [2.45, 2.75) is 91.6 Å². The van der Waals surface area contributed by atoms with E-state index in [0.717, 1.165) is 33.9 Å². The monoisotopic (exact) mass is 741 g/mol. The third-order valence-corrected chi connectivity index (χ3v) is 9.15. The number of aryl methyl sites for hydroxylation is 1. The maximum atomic E-state index is 13.6. The van der Waals surface area contributed by atoms with E-state index in [1.807, 2.05) is 74.5 Å². The summed E-state index contributed by atoms with van der Waals surface area (Å²) in [6, 6.07) is 20.2. The van der Waals surface area contributed by atoms with Gasteiger partial charge in [0.1, 0.15) is 24.7 Å². The Bertz CT molecular complexity index is 1890. The number of amides is 5. The average Bonchev–Trinajstić information content (AvgIpc) is 3.47. The Labute approximate surface area is 317 Å². The van der Waals surface area contributed by atoms with Crippen LogP contribution in [0.5, 0.6) is 0 Å². The molecule has 0 saturated carbocycles. The highest BCUT2D eigenvalue weighted by Gasteiger charge is 2.30. The molecule has 0 fully saturated rings. The number of alkyl carbamates (subject to hydrolysis) is 1. The fourth-order valence-corrected chi connectivity index (χ4v) is 6.39. The molecule has 290 valence electrons. The maximum Gasteiger partial charge on any atom is 0.408 e. The molecule has 0 bridgehead atoms. The first-order chi connectivity index (χ1) is 25.9. The van der Waals surface area contributed by atoms with Gasteiger partial charge >= 0.3 is 6.09 Å². The molecule has 0 aliphatic carbocycles. The van der Waals surface area contributed by atoms with Crippen molar-refractivity contribution in [1.82, 2.24) is 25.8 Å². The number of anilines is 1. The lowest BCUT2D eigenvalue weighted by Crippen LogP contribution is -2.56. The molecule has 0 aliphatic heterocycles. The van der Waals surface area contributed by atoms with E-state index < -0.39 is 48.5 Å². The van der Waals surface area contributed by atoms with Gasteiger partial charge in [-0.25, -0.2) is 4.79 Å². The van der Waals surface area contributed by atoms with E-state index in [1.165, 1.54) is 0 Å². The molecule has 13 nitrogen and oxygen atoms in total. The molecule has 4 aromatic rings. The van der Waals surface area contributed by atoms with E-state index in [4.69, 9.17) is 10.5 Å². The summed E-state index contributed by atoms with van der Waals surface area (Å²) < 4.78 is 7.52. The van der Waals surface area contributed by atoms with Gasteiger partial charge in [0.15, 0.2) is 0 Å². The first kappa shape index (κ1) is 41.3. The second-order valence-corrected chi connectivity index (χ2v) is 14.2. The van der Waals surface area contributed by atoms with E-state index in [-0.39, 0.29) is 30.8 Å². The summed E-state index contributed by atoms with van der Waals surface area (Å²) in [6.45, 7) is 10.3. The summed E-state index contributed by atoms with van der Waals surface area (Å²) in [6.07, 6.45) is 1.16. The lowest BCUT2D eigenvalue weighted by Gasteiger charge is -2.26. The van der Waals surface area contributed by atoms with Crippen LogP contribution in [0.3, 0.4) is 0 Å². The van der Waals surface area contributed by atoms with E-state index in [2.05, 4.69) is 50.2 Å². The number of hydrogen-bond acceptors (Lipinski definition) is 7. The fraction of sp³-hybridized carbons (Fsp3) is 0.439. The number of rotatable bonds is 19. The van der Waals surface area contributed by atoms with Crippen LogP contribution in [-0.4, -0.2) is 65.5 Å². The maximum absolute atomic E-state index is 13.6. The average molecular weight is 742 g/mol. The van der Waals surface area contributed by atoms with Crippen LogP contribution in [0.15, 0.2) is 72.8 Å². The van der Waals surface area contributed by atoms with Crippen LogP contribution in [0, 0.1) is 11.8 Å². The number of para-hydroxylation sites is 1. The molecular weight excluding hydrogens is 686 g/mol. The first-order valence-corrected chi connectivity index (χ1v) is 18.8. The standard InChI is InChI=1S/C41H55N7O6/c1-6-48-34-18-11-10-16-30(34)31-23-29(19-20-35(31)48)44-39(51)32(17-12-13-21-42)45-36(49)24-43-38(50)33(22-26(2)3)46-40(52)37(27(4)5)47-41(53)54-25-28-14-8-7-9-15-28/h7-11,14-16,18-20,23,26-27,32-33,37H,6,12-13,17,21-22,24-25,42H2,1-5H3,(H,43,50)(H,44,51)(H,45,49)(H,46,52)(H,47,53)/t32-,33-,37-/m0/s1. The number of ether oxygens (including phenoxy) is 1. The van der Waals surface area contributed by atoms with Gasteiger partial charge in [-0.3, -0.25) is 19.2 Å². The van der Waals surface area contributed by atoms with Gasteiger partial charge in [0.2, 0.25) is 23.6 Å². The minimum absolute atomic E-state index is 0.0181. The van der Waals surface area contributed by atoms with Gasteiger partial charge < -0.3 is 41.6 Å². The molecule has 0 spiro atoms. The molecule has 3 atom stereocenters. The number of nitrogens with zero attached hydrogens (tertiary/aromatic N) is 1. The molecule has 7 N–H and O–H groups in total. The highest BCUT2D eigenvalue weighted by atomic mass is 16.5. The number of hydrogen-bond donors (Lipinski definition) is 6. The van der Waals surface area contributed by atoms with Crippen molar-refractivity contribution in [3.8, 4) is 0 Å². The van der Waals surface area contributed by atoms with E-state index in [9.17, 15) is 24.0 Å². The Hall–Kier alpha value is -5.43. The van der Waals surface area contributed by atoms with Crippen LogP contribution in [0.25, 0.3) is 21.8 Å². The Morgan fingerprint density at radius 2 is 1.46 bits per heavy atom. The van der Waals surface area contributed by atoms with E-state index in [1.54, 1.807) is 13.8 Å². The summed E-state index contributed by atoms with van der Waals surface area (Å²) in [4.78, 5) is 66.1. The third-order valence-electron chi connectivity index (χ3n) is 9.15. The van der Waals surface area contributed by atoms with Crippen LogP contribution >= 0.6 is 0 Å². The second kappa shape index (κ2) is 20.1. The summed E-state index contributed by atoms with van der Waals surface area (Å²) in [5.74, 6) is -2.36. The van der Waals surface area contributed by atoms with Crippen molar-refractivity contribution in [1.29, 1.82) is 0 Å². The molecule has 13 heteroatoms. The fourth-order valence-electron chi connectivity index (χ4n) is 6.39. The molecular formula is C41H55N7O6. The summed E-state index contributed by atoms with van der Waals surface area (Å²) in [5, 5.41) is 15.8. The molecule has 3 aromatic carbocycles. The van der Waals surface area contributed by atoms with Gasteiger partial charge in [-0.2, -0.15) is 0 Å². The zero-order chi connectivity index (χ0) is 39.2. The zero-order valence-corrected chi connectivity index (χ0v) is 31.9. The number of aromatic nitrogens is 1. The Morgan fingerprint density at radius 1 is 0.759 bits per heavy atom. The third kappa shape index (κ3) is 11.5. The molecule has 0 saturated heterocycles. The molecule has 0 aliphatic rings. The smallest absolute Gasteiger partial charge is 0.408 e. The summed E-state index contributed by atoms with van der Waals surface area (Å²) >= 11 is 0.